The molecule has 30 heavy (non-hydrogen) atoms. The van der Waals surface area contributed by atoms with Gasteiger partial charge in [-0.1, -0.05) is 31.2 Å². The molecule has 1 heterocycles. The third-order valence-corrected chi connectivity index (χ3v) is 4.67. The second kappa shape index (κ2) is 10.7. The van der Waals surface area contributed by atoms with Gasteiger partial charge >= 0.3 is 6.09 Å². The lowest BCUT2D eigenvalue weighted by atomic mass is 10.0. The first-order valence-corrected chi connectivity index (χ1v) is 9.84. The van der Waals surface area contributed by atoms with Crippen LogP contribution in [-0.2, 0) is 28.9 Å². The Morgan fingerprint density at radius 3 is 2.20 bits per heavy atom. The summed E-state index contributed by atoms with van der Waals surface area (Å²) in [7, 11) is 0. The van der Waals surface area contributed by atoms with E-state index >= 15 is 0 Å². The molecule has 0 unspecified atom stereocenters. The summed E-state index contributed by atoms with van der Waals surface area (Å²) in [6.45, 7) is 3.01. The summed E-state index contributed by atoms with van der Waals surface area (Å²) in [5.74, 6) is 0. The zero-order valence-electron chi connectivity index (χ0n) is 16.9. The number of benzene rings is 2. The lowest BCUT2D eigenvalue weighted by Gasteiger charge is -2.07. The van der Waals surface area contributed by atoms with Gasteiger partial charge in [-0.25, -0.2) is 14.2 Å². The highest BCUT2D eigenvalue weighted by Crippen LogP contribution is 2.17. The number of aliphatic imine (C=N–C) groups is 1. The molecule has 0 aliphatic carbocycles. The van der Waals surface area contributed by atoms with E-state index in [4.69, 9.17) is 4.74 Å². The average molecular weight is 402 g/mol. The van der Waals surface area contributed by atoms with Crippen LogP contribution >= 0.6 is 0 Å². The summed E-state index contributed by atoms with van der Waals surface area (Å²) in [4.78, 5) is 25.8. The van der Waals surface area contributed by atoms with Crippen molar-refractivity contribution in [1.82, 2.24) is 0 Å². The zero-order chi connectivity index (χ0) is 21.2. The summed E-state index contributed by atoms with van der Waals surface area (Å²) in [5, 5.41) is 2.74. The monoisotopic (exact) mass is 402 g/mol. The van der Waals surface area contributed by atoms with Gasteiger partial charge in [0.15, 0.2) is 25.5 Å². The first-order chi connectivity index (χ1) is 14.7. The van der Waals surface area contributed by atoms with Crippen molar-refractivity contribution in [1.29, 1.82) is 0 Å². The Balaban J connectivity index is 1.44. The Bertz CT molecular complexity index is 1010. The molecule has 0 fully saturated rings. The van der Waals surface area contributed by atoms with Crippen molar-refractivity contribution < 1.29 is 18.9 Å². The van der Waals surface area contributed by atoms with E-state index in [0.29, 0.717) is 24.5 Å². The van der Waals surface area contributed by atoms with Gasteiger partial charge in [-0.15, -0.1) is 0 Å². The lowest BCUT2D eigenvalue weighted by molar-refractivity contribution is -0.697. The zero-order valence-corrected chi connectivity index (χ0v) is 16.9. The molecule has 2 aromatic carbocycles. The molecule has 1 aromatic heterocycles. The van der Waals surface area contributed by atoms with Crippen LogP contribution in [0.25, 0.3) is 0 Å². The molecule has 152 valence electrons. The molecule has 0 bridgehead atoms. The molecule has 0 saturated heterocycles. The third-order valence-electron chi connectivity index (χ3n) is 4.67. The van der Waals surface area contributed by atoms with Gasteiger partial charge in [0.05, 0.1) is 5.69 Å². The molecule has 0 saturated carbocycles. The number of rotatable bonds is 8. The van der Waals surface area contributed by atoms with Crippen LogP contribution in [0.2, 0.25) is 0 Å². The van der Waals surface area contributed by atoms with Gasteiger partial charge < -0.3 is 4.74 Å². The number of amides is 1. The number of aromatic nitrogens is 1. The summed E-state index contributed by atoms with van der Waals surface area (Å²) in [6, 6.07) is 19.1. The maximum atomic E-state index is 12.0. The molecule has 0 aliphatic rings. The minimum absolute atomic E-state index is 0.296. The first kappa shape index (κ1) is 21.0. The fourth-order valence-corrected chi connectivity index (χ4v) is 2.95. The predicted octanol–water partition coefficient (Wildman–Crippen LogP) is 4.34. The van der Waals surface area contributed by atoms with Crippen LogP contribution in [-0.4, -0.2) is 18.8 Å². The standard InChI is InChI=1S/C24H23N3O3/c1-2-19-11-13-27(14-12-19)15-16-30-24(29)26-23-9-5-21(6-10-23)17-20-3-7-22(8-4-20)25-18-28/h3-14H,2,15-17H2,1H3/p+1. The number of hydrogen-bond acceptors (Lipinski definition) is 4. The molecule has 6 nitrogen and oxygen atoms in total. The van der Waals surface area contributed by atoms with E-state index in [2.05, 4.69) is 29.4 Å². The molecule has 3 aromatic rings. The topological polar surface area (TPSA) is 71.6 Å². The van der Waals surface area contributed by atoms with E-state index in [1.807, 2.05) is 53.4 Å². The fourth-order valence-electron chi connectivity index (χ4n) is 2.95. The molecule has 6 heteroatoms. The number of carbonyl (C=O) groups excluding carboxylic acids is 2. The Hall–Kier alpha value is -3.76. The van der Waals surface area contributed by atoms with Gasteiger partial charge in [-0.05, 0) is 53.8 Å². The lowest BCUT2D eigenvalue weighted by Crippen LogP contribution is -2.36. The fraction of sp³-hybridized carbons (Fsp3) is 0.208. The highest BCUT2D eigenvalue weighted by molar-refractivity contribution is 5.84. The molecular weight excluding hydrogens is 378 g/mol. The number of carbonyl (C=O) groups is 1. The van der Waals surface area contributed by atoms with E-state index in [9.17, 15) is 9.59 Å². The number of anilines is 1. The van der Waals surface area contributed by atoms with Crippen LogP contribution in [0.5, 0.6) is 0 Å². The first-order valence-electron chi connectivity index (χ1n) is 9.84. The smallest absolute Gasteiger partial charge is 0.411 e. The Morgan fingerprint density at radius 2 is 1.60 bits per heavy atom. The van der Waals surface area contributed by atoms with Gasteiger partial charge in [0.25, 0.3) is 0 Å². The minimum Gasteiger partial charge on any atom is -0.443 e. The molecular formula is C24H24N3O3+. The molecule has 1 N–H and O–H groups in total. The van der Waals surface area contributed by atoms with Crippen molar-refractivity contribution >= 4 is 23.5 Å². The largest absolute Gasteiger partial charge is 0.443 e. The van der Waals surface area contributed by atoms with E-state index in [-0.39, 0.29) is 0 Å². The van der Waals surface area contributed by atoms with Crippen LogP contribution in [0.1, 0.15) is 23.6 Å². The van der Waals surface area contributed by atoms with Crippen molar-refractivity contribution in [3.05, 3.63) is 89.7 Å². The maximum absolute atomic E-state index is 12.0. The molecule has 1 amide bonds. The maximum Gasteiger partial charge on any atom is 0.411 e. The van der Waals surface area contributed by atoms with Crippen molar-refractivity contribution in [3.63, 3.8) is 0 Å². The van der Waals surface area contributed by atoms with Crippen molar-refractivity contribution in [2.45, 2.75) is 26.3 Å². The van der Waals surface area contributed by atoms with Gasteiger partial charge in [0.2, 0.25) is 6.08 Å². The molecule has 0 spiro atoms. The van der Waals surface area contributed by atoms with Gasteiger partial charge in [-0.2, -0.15) is 4.99 Å². The van der Waals surface area contributed by atoms with Crippen LogP contribution in [0.15, 0.2) is 78.0 Å². The third kappa shape index (κ3) is 6.40. The van der Waals surface area contributed by atoms with Gasteiger partial charge in [-0.3, -0.25) is 5.32 Å². The summed E-state index contributed by atoms with van der Waals surface area (Å²) in [5.41, 5.74) is 4.75. The van der Waals surface area contributed by atoms with E-state index in [1.54, 1.807) is 12.1 Å². The summed E-state index contributed by atoms with van der Waals surface area (Å²) >= 11 is 0. The number of isocyanates is 1. The number of aryl methyl sites for hydroxylation is 1. The van der Waals surface area contributed by atoms with Crippen LogP contribution in [0.4, 0.5) is 16.2 Å². The summed E-state index contributed by atoms with van der Waals surface area (Å²) < 4.78 is 7.24. The normalized spacial score (nSPS) is 10.2. The molecule has 0 radical (unpaired) electrons. The van der Waals surface area contributed by atoms with Crippen LogP contribution in [0.3, 0.4) is 0 Å². The molecule has 3 rings (SSSR count). The highest BCUT2D eigenvalue weighted by atomic mass is 16.5. The minimum atomic E-state index is -0.472. The molecule has 0 atom stereocenters. The number of ether oxygens (including phenoxy) is 1. The number of hydrogen-bond donors (Lipinski definition) is 1. The summed E-state index contributed by atoms with van der Waals surface area (Å²) in [6.07, 6.45) is 6.77. The number of nitrogens with one attached hydrogen (secondary N) is 1. The Morgan fingerprint density at radius 1 is 0.967 bits per heavy atom. The van der Waals surface area contributed by atoms with Crippen molar-refractivity contribution in [2.75, 3.05) is 11.9 Å². The predicted molar refractivity (Wildman–Crippen MR) is 114 cm³/mol. The Kier molecular flexibility index (Phi) is 7.47. The van der Waals surface area contributed by atoms with E-state index < -0.39 is 6.09 Å². The second-order valence-corrected chi connectivity index (χ2v) is 6.80. The average Bonchev–Trinajstić information content (AvgIpc) is 2.77. The van der Waals surface area contributed by atoms with Gasteiger partial charge in [0.1, 0.15) is 0 Å². The number of nitrogens with zero attached hydrogens (tertiary/aromatic N) is 2. The van der Waals surface area contributed by atoms with Crippen molar-refractivity contribution in [3.8, 4) is 0 Å². The number of pyridine rings is 1. The van der Waals surface area contributed by atoms with Gasteiger partial charge in [0, 0.05) is 17.8 Å². The quantitative estimate of drug-likeness (QED) is 0.346. The van der Waals surface area contributed by atoms with Crippen LogP contribution < -0.4 is 9.88 Å². The van der Waals surface area contributed by atoms with E-state index in [0.717, 1.165) is 24.0 Å². The highest BCUT2D eigenvalue weighted by Gasteiger charge is 2.06. The van der Waals surface area contributed by atoms with E-state index in [1.165, 1.54) is 11.6 Å². The second-order valence-electron chi connectivity index (χ2n) is 6.80. The SMILES string of the molecule is CCc1cc[n+](CCOC(=O)Nc2ccc(Cc3ccc(N=C=O)cc3)cc2)cc1. The van der Waals surface area contributed by atoms with Crippen LogP contribution in [0, 0.1) is 0 Å². The Labute approximate surface area is 175 Å². The molecule has 0 aliphatic heterocycles. The van der Waals surface area contributed by atoms with Crippen molar-refractivity contribution in [2.24, 2.45) is 4.99 Å².